The number of nitro groups is 1. The number of morpholine rings is 1. The van der Waals surface area contributed by atoms with Gasteiger partial charge in [0.2, 0.25) is 5.88 Å². The van der Waals surface area contributed by atoms with E-state index in [-0.39, 0.29) is 17.5 Å². The molecule has 0 N–H and O–H groups in total. The zero-order chi connectivity index (χ0) is 27.4. The summed E-state index contributed by atoms with van der Waals surface area (Å²) in [5.74, 6) is 0.832. The van der Waals surface area contributed by atoms with Crippen LogP contribution in [-0.2, 0) is 9.53 Å². The van der Waals surface area contributed by atoms with E-state index in [2.05, 4.69) is 14.9 Å². The Morgan fingerprint density at radius 3 is 2.54 bits per heavy atom. The molecular weight excluding hydrogens is 522 g/mol. The fourth-order valence-corrected chi connectivity index (χ4v) is 4.97. The second-order valence-electron chi connectivity index (χ2n) is 8.61. The Balaban J connectivity index is 1.30. The van der Waals surface area contributed by atoms with Crippen molar-refractivity contribution in [2.75, 3.05) is 45.4 Å². The van der Waals surface area contributed by atoms with E-state index >= 15 is 0 Å². The fraction of sp³-hybridized carbons (Fsp3) is 0.222. The van der Waals surface area contributed by atoms with Crippen LogP contribution in [0, 0.1) is 10.1 Å². The molecule has 2 saturated heterocycles. The van der Waals surface area contributed by atoms with Crippen LogP contribution in [0.15, 0.2) is 70.7 Å². The van der Waals surface area contributed by atoms with E-state index < -0.39 is 4.92 Å². The van der Waals surface area contributed by atoms with Gasteiger partial charge in [-0.1, -0.05) is 6.07 Å². The number of benzene rings is 2. The van der Waals surface area contributed by atoms with Crippen molar-refractivity contribution in [1.82, 2.24) is 9.88 Å². The van der Waals surface area contributed by atoms with E-state index in [0.717, 1.165) is 49.4 Å². The summed E-state index contributed by atoms with van der Waals surface area (Å²) in [7, 11) is 3.20. The summed E-state index contributed by atoms with van der Waals surface area (Å²) in [6.07, 6.45) is 2.89. The first kappa shape index (κ1) is 26.2. The highest BCUT2D eigenvalue weighted by molar-refractivity contribution is 8.18. The van der Waals surface area contributed by atoms with Crippen LogP contribution in [0.25, 0.3) is 6.08 Å². The van der Waals surface area contributed by atoms with E-state index in [1.807, 2.05) is 24.3 Å². The first-order valence-electron chi connectivity index (χ1n) is 12.1. The lowest BCUT2D eigenvalue weighted by atomic mass is 10.2. The predicted octanol–water partition coefficient (Wildman–Crippen LogP) is 4.86. The van der Waals surface area contributed by atoms with Gasteiger partial charge in [-0.3, -0.25) is 19.8 Å². The van der Waals surface area contributed by atoms with Crippen molar-refractivity contribution in [2.45, 2.75) is 0 Å². The minimum atomic E-state index is -0.530. The molecule has 12 heteroatoms. The molecule has 2 fully saturated rings. The first-order chi connectivity index (χ1) is 18.9. The predicted molar refractivity (Wildman–Crippen MR) is 149 cm³/mol. The lowest BCUT2D eigenvalue weighted by molar-refractivity contribution is -0.385. The SMILES string of the molecule is COc1cc(C=C2SC(=Nc3ccc(N4CCOCC4)cc3)N(C)C2=O)ccc1Oc1ccc([N+](=O)[O-])cn1. The van der Waals surface area contributed by atoms with E-state index in [9.17, 15) is 14.9 Å². The highest BCUT2D eigenvalue weighted by atomic mass is 32.2. The summed E-state index contributed by atoms with van der Waals surface area (Å²) in [4.78, 5) is 36.2. The van der Waals surface area contributed by atoms with E-state index in [1.54, 1.807) is 31.3 Å². The molecule has 0 spiro atoms. The van der Waals surface area contributed by atoms with E-state index in [0.29, 0.717) is 21.6 Å². The molecule has 0 aliphatic carbocycles. The van der Waals surface area contributed by atoms with Crippen molar-refractivity contribution >= 4 is 46.0 Å². The zero-order valence-electron chi connectivity index (χ0n) is 21.3. The van der Waals surface area contributed by atoms with E-state index in [4.69, 9.17) is 14.2 Å². The minimum absolute atomic E-state index is 0.132. The molecule has 0 radical (unpaired) electrons. The Hall–Kier alpha value is -4.42. The summed E-state index contributed by atoms with van der Waals surface area (Å²) < 4.78 is 16.6. The van der Waals surface area contributed by atoms with Gasteiger partial charge in [-0.2, -0.15) is 0 Å². The van der Waals surface area contributed by atoms with Crippen LogP contribution >= 0.6 is 11.8 Å². The number of aromatic nitrogens is 1. The van der Waals surface area contributed by atoms with E-state index in [1.165, 1.54) is 35.9 Å². The second kappa shape index (κ2) is 11.5. The number of aliphatic imine (C=N–C) groups is 1. The van der Waals surface area contributed by atoms with Crippen molar-refractivity contribution in [3.8, 4) is 17.4 Å². The van der Waals surface area contributed by atoms with Gasteiger partial charge in [-0.05, 0) is 59.8 Å². The van der Waals surface area contributed by atoms with Gasteiger partial charge in [-0.25, -0.2) is 9.98 Å². The largest absolute Gasteiger partial charge is 0.493 e. The second-order valence-corrected chi connectivity index (χ2v) is 9.62. The van der Waals surface area contributed by atoms with Crippen LogP contribution < -0.4 is 14.4 Å². The Bertz CT molecular complexity index is 1440. The maximum Gasteiger partial charge on any atom is 0.287 e. The highest BCUT2D eigenvalue weighted by Gasteiger charge is 2.30. The number of pyridine rings is 1. The van der Waals surface area contributed by atoms with Gasteiger partial charge in [0.15, 0.2) is 16.7 Å². The number of amides is 1. The molecule has 39 heavy (non-hydrogen) atoms. The summed E-state index contributed by atoms with van der Waals surface area (Å²) in [6, 6.07) is 15.9. The number of ether oxygens (including phenoxy) is 3. The maximum atomic E-state index is 12.9. The fourth-order valence-electron chi connectivity index (χ4n) is 3.98. The number of rotatable bonds is 7. The zero-order valence-corrected chi connectivity index (χ0v) is 22.1. The van der Waals surface area contributed by atoms with Gasteiger partial charge in [-0.15, -0.1) is 0 Å². The Labute approximate surface area is 228 Å². The van der Waals surface area contributed by atoms with Crippen molar-refractivity contribution in [2.24, 2.45) is 4.99 Å². The average molecular weight is 548 g/mol. The summed E-state index contributed by atoms with van der Waals surface area (Å²) >= 11 is 1.30. The molecule has 2 aromatic carbocycles. The molecule has 0 bridgehead atoms. The van der Waals surface area contributed by atoms with Gasteiger partial charge in [0.25, 0.3) is 11.6 Å². The number of nitrogens with zero attached hydrogens (tertiary/aromatic N) is 5. The molecule has 1 aromatic heterocycles. The maximum absolute atomic E-state index is 12.9. The molecule has 3 heterocycles. The van der Waals surface area contributed by atoms with Crippen molar-refractivity contribution in [1.29, 1.82) is 0 Å². The quantitative estimate of drug-likeness (QED) is 0.232. The molecule has 3 aromatic rings. The molecule has 0 saturated carbocycles. The van der Waals surface area contributed by atoms with Crippen molar-refractivity contribution in [3.05, 3.63) is 81.4 Å². The number of hydrogen-bond donors (Lipinski definition) is 0. The Morgan fingerprint density at radius 2 is 1.87 bits per heavy atom. The molecule has 5 rings (SSSR count). The van der Waals surface area contributed by atoms with Gasteiger partial charge in [0, 0.05) is 38.0 Å². The third-order valence-corrected chi connectivity index (χ3v) is 7.15. The number of anilines is 1. The first-order valence-corrected chi connectivity index (χ1v) is 12.9. The molecule has 1 amide bonds. The summed E-state index contributed by atoms with van der Waals surface area (Å²) in [6.45, 7) is 3.17. The molecule has 11 nitrogen and oxygen atoms in total. The molecule has 200 valence electrons. The number of carbonyl (C=O) groups is 1. The number of likely N-dealkylation sites (N-methyl/N-ethyl adjacent to an activating group) is 1. The highest BCUT2D eigenvalue weighted by Crippen LogP contribution is 2.36. The number of thioether (sulfide) groups is 1. The van der Waals surface area contributed by atoms with Crippen LogP contribution in [0.4, 0.5) is 17.1 Å². The van der Waals surface area contributed by atoms with Gasteiger partial charge >= 0.3 is 0 Å². The normalized spacial score (nSPS) is 17.6. The topological polar surface area (TPSA) is 120 Å². The monoisotopic (exact) mass is 547 g/mol. The third kappa shape index (κ3) is 6.02. The smallest absolute Gasteiger partial charge is 0.287 e. The lowest BCUT2D eigenvalue weighted by Crippen LogP contribution is -2.36. The number of methoxy groups -OCH3 is 1. The van der Waals surface area contributed by atoms with Gasteiger partial charge in [0.1, 0.15) is 6.20 Å². The Morgan fingerprint density at radius 1 is 1.10 bits per heavy atom. The summed E-state index contributed by atoms with van der Waals surface area (Å²) in [5.41, 5.74) is 2.49. The van der Waals surface area contributed by atoms with Crippen LogP contribution in [0.1, 0.15) is 5.56 Å². The third-order valence-electron chi connectivity index (χ3n) is 6.09. The number of hydrogen-bond acceptors (Lipinski definition) is 10. The van der Waals surface area contributed by atoms with Crippen LogP contribution in [0.5, 0.6) is 17.4 Å². The van der Waals surface area contributed by atoms with Crippen LogP contribution in [0.2, 0.25) is 0 Å². The molecule has 0 atom stereocenters. The van der Waals surface area contributed by atoms with Crippen LogP contribution in [0.3, 0.4) is 0 Å². The van der Waals surface area contributed by atoms with Crippen LogP contribution in [-0.4, -0.2) is 66.3 Å². The Kier molecular flexibility index (Phi) is 7.75. The van der Waals surface area contributed by atoms with Crippen molar-refractivity contribution in [3.63, 3.8) is 0 Å². The summed E-state index contributed by atoms with van der Waals surface area (Å²) in [5, 5.41) is 11.4. The van der Waals surface area contributed by atoms with Gasteiger partial charge < -0.3 is 19.1 Å². The standard InChI is InChI=1S/C27H25N5O6S/c1-30-26(33)24(39-27(30)29-19-4-6-20(7-5-19)31-11-13-37-14-12-31)16-18-3-9-22(23(15-18)36-2)38-25-10-8-21(17-28-25)32(34)35/h3-10,15-17H,11-14H2,1-2H3. The average Bonchev–Trinajstić information content (AvgIpc) is 3.22. The molecule has 2 aliphatic rings. The van der Waals surface area contributed by atoms with Crippen molar-refractivity contribution < 1.29 is 23.9 Å². The molecule has 0 unspecified atom stereocenters. The number of amidine groups is 1. The number of carbonyl (C=O) groups excluding carboxylic acids is 1. The van der Waals surface area contributed by atoms with Gasteiger partial charge in [0.05, 0.1) is 35.8 Å². The molecular formula is C27H25N5O6S. The molecule has 2 aliphatic heterocycles. The minimum Gasteiger partial charge on any atom is -0.493 e. The lowest BCUT2D eigenvalue weighted by Gasteiger charge is -2.28.